The summed E-state index contributed by atoms with van der Waals surface area (Å²) in [6, 6.07) is 7.92. The van der Waals surface area contributed by atoms with Crippen LogP contribution in [-0.4, -0.2) is 28.0 Å². The molecular weight excluding hydrogens is 380 g/mol. The van der Waals surface area contributed by atoms with E-state index >= 15 is 0 Å². The number of esters is 2. The van der Waals surface area contributed by atoms with Crippen molar-refractivity contribution in [2.24, 2.45) is 0 Å². The lowest BCUT2D eigenvalue weighted by Crippen LogP contribution is -2.12. The lowest BCUT2D eigenvalue weighted by atomic mass is 10.1. The Balaban J connectivity index is 1.85. The van der Waals surface area contributed by atoms with Crippen LogP contribution in [0.25, 0.3) is 11.4 Å². The Morgan fingerprint density at radius 1 is 1.10 bits per heavy atom. The molecule has 0 bridgehead atoms. The number of carbonyl (C=O) groups is 2. The Bertz CT molecular complexity index is 829. The Labute approximate surface area is 178 Å². The van der Waals surface area contributed by atoms with Crippen molar-refractivity contribution in [3.8, 4) is 17.1 Å². The van der Waals surface area contributed by atoms with Gasteiger partial charge in [-0.3, -0.25) is 4.79 Å². The molecule has 0 aliphatic carbocycles. The van der Waals surface area contributed by atoms with E-state index in [-0.39, 0.29) is 12.1 Å². The number of aromatic nitrogens is 2. The molecule has 0 amide bonds. The Morgan fingerprint density at radius 2 is 1.80 bits per heavy atom. The first-order chi connectivity index (χ1) is 14.5. The maximum absolute atomic E-state index is 11.8. The van der Waals surface area contributed by atoms with E-state index < -0.39 is 5.97 Å². The summed E-state index contributed by atoms with van der Waals surface area (Å²) in [5, 5.41) is 0. The number of rotatable bonds is 11. The molecule has 6 nitrogen and oxygen atoms in total. The molecular formula is C24H30N2O4. The molecule has 1 atom stereocenters. The van der Waals surface area contributed by atoms with E-state index in [1.54, 1.807) is 0 Å². The zero-order valence-electron chi connectivity index (χ0n) is 18.0. The normalized spacial score (nSPS) is 12.0. The second-order valence-electron chi connectivity index (χ2n) is 7.22. The maximum Gasteiger partial charge on any atom is 0.335 e. The molecule has 1 unspecified atom stereocenters. The first kappa shape index (κ1) is 23.3. The topological polar surface area (TPSA) is 78.4 Å². The van der Waals surface area contributed by atoms with Gasteiger partial charge in [-0.15, -0.1) is 0 Å². The van der Waals surface area contributed by atoms with Gasteiger partial charge in [0.2, 0.25) is 0 Å². The lowest BCUT2D eigenvalue weighted by Gasteiger charge is -2.11. The molecule has 2 aromatic rings. The molecule has 0 fully saturated rings. The summed E-state index contributed by atoms with van der Waals surface area (Å²) < 4.78 is 10.4. The highest BCUT2D eigenvalue weighted by Gasteiger charge is 2.07. The second-order valence-corrected chi connectivity index (χ2v) is 7.22. The molecule has 6 heteroatoms. The van der Waals surface area contributed by atoms with E-state index in [2.05, 4.69) is 16.9 Å². The van der Waals surface area contributed by atoms with Crippen LogP contribution in [0.15, 0.2) is 48.8 Å². The summed E-state index contributed by atoms with van der Waals surface area (Å²) in [6.07, 6.45) is 12.0. The van der Waals surface area contributed by atoms with E-state index in [1.165, 1.54) is 25.4 Å². The van der Waals surface area contributed by atoms with Gasteiger partial charge in [0.25, 0.3) is 0 Å². The lowest BCUT2D eigenvalue weighted by molar-refractivity contribution is -0.145. The first-order valence-corrected chi connectivity index (χ1v) is 10.4. The molecule has 1 aromatic heterocycles. The SMILES string of the molecule is CCCCC/C=C/C(=O)Oc1cnc(-c2ccc(CCC(C)OC(C)=O)cc2)nc1. The number of benzene rings is 1. The minimum absolute atomic E-state index is 0.105. The van der Waals surface area contributed by atoms with Crippen molar-refractivity contribution >= 4 is 11.9 Å². The second kappa shape index (κ2) is 12.5. The van der Waals surface area contributed by atoms with Gasteiger partial charge in [0.1, 0.15) is 0 Å². The molecule has 0 radical (unpaired) electrons. The fourth-order valence-corrected chi connectivity index (χ4v) is 2.89. The minimum Gasteiger partial charge on any atom is -0.463 e. The summed E-state index contributed by atoms with van der Waals surface area (Å²) >= 11 is 0. The molecule has 0 spiro atoms. The summed E-state index contributed by atoms with van der Waals surface area (Å²) in [6.45, 7) is 5.45. The van der Waals surface area contributed by atoms with Crippen LogP contribution < -0.4 is 4.74 Å². The van der Waals surface area contributed by atoms with E-state index in [0.717, 1.165) is 49.7 Å². The molecule has 0 aliphatic heterocycles. The van der Waals surface area contributed by atoms with Crippen LogP contribution in [0.1, 0.15) is 58.4 Å². The number of allylic oxidation sites excluding steroid dienone is 1. The molecule has 1 heterocycles. The van der Waals surface area contributed by atoms with Crippen molar-refractivity contribution in [2.45, 2.75) is 65.4 Å². The highest BCUT2D eigenvalue weighted by molar-refractivity contribution is 5.83. The highest BCUT2D eigenvalue weighted by Crippen LogP contribution is 2.18. The number of nitrogens with zero attached hydrogens (tertiary/aromatic N) is 2. The summed E-state index contributed by atoms with van der Waals surface area (Å²) in [7, 11) is 0. The Kier molecular flexibility index (Phi) is 9.71. The van der Waals surface area contributed by atoms with Crippen molar-refractivity contribution in [2.75, 3.05) is 0 Å². The average molecular weight is 411 g/mol. The smallest absolute Gasteiger partial charge is 0.335 e. The Hall–Kier alpha value is -3.02. The van der Waals surface area contributed by atoms with Crippen LogP contribution in [0.2, 0.25) is 0 Å². The van der Waals surface area contributed by atoms with Gasteiger partial charge in [0.15, 0.2) is 11.6 Å². The average Bonchev–Trinajstić information content (AvgIpc) is 2.72. The van der Waals surface area contributed by atoms with Crippen LogP contribution in [0, 0.1) is 0 Å². The standard InChI is InChI=1S/C24H30N2O4/c1-4-5-6-7-8-9-23(28)30-22-16-25-24(26-17-22)21-14-12-20(13-15-21)11-10-18(2)29-19(3)27/h8-9,12-18H,4-7,10-11H2,1-3H3/b9-8+. The molecule has 1 aromatic carbocycles. The fourth-order valence-electron chi connectivity index (χ4n) is 2.89. The van der Waals surface area contributed by atoms with Gasteiger partial charge in [0, 0.05) is 18.6 Å². The van der Waals surface area contributed by atoms with Gasteiger partial charge < -0.3 is 9.47 Å². The molecule has 0 aliphatic rings. The largest absolute Gasteiger partial charge is 0.463 e. The monoisotopic (exact) mass is 410 g/mol. The van der Waals surface area contributed by atoms with Crippen LogP contribution in [-0.2, 0) is 20.7 Å². The zero-order valence-corrected chi connectivity index (χ0v) is 18.0. The fraction of sp³-hybridized carbons (Fsp3) is 0.417. The number of aryl methyl sites for hydroxylation is 1. The van der Waals surface area contributed by atoms with E-state index in [9.17, 15) is 9.59 Å². The maximum atomic E-state index is 11.8. The van der Waals surface area contributed by atoms with E-state index in [4.69, 9.17) is 9.47 Å². The quantitative estimate of drug-likeness (QED) is 0.292. The number of carbonyl (C=O) groups excluding carboxylic acids is 2. The van der Waals surface area contributed by atoms with Gasteiger partial charge in [-0.25, -0.2) is 14.8 Å². The highest BCUT2D eigenvalue weighted by atomic mass is 16.5. The zero-order chi connectivity index (χ0) is 21.8. The van der Waals surface area contributed by atoms with Crippen molar-refractivity contribution in [3.63, 3.8) is 0 Å². The molecule has 0 N–H and O–H groups in total. The summed E-state index contributed by atoms with van der Waals surface area (Å²) in [4.78, 5) is 31.4. The molecule has 30 heavy (non-hydrogen) atoms. The van der Waals surface area contributed by atoms with Crippen molar-refractivity contribution in [1.82, 2.24) is 9.97 Å². The van der Waals surface area contributed by atoms with Crippen LogP contribution in [0.5, 0.6) is 5.75 Å². The first-order valence-electron chi connectivity index (χ1n) is 10.4. The number of hydrogen-bond donors (Lipinski definition) is 0. The number of unbranched alkanes of at least 4 members (excludes halogenated alkanes) is 3. The molecule has 2 rings (SSSR count). The minimum atomic E-state index is -0.421. The van der Waals surface area contributed by atoms with Crippen LogP contribution in [0.4, 0.5) is 0 Å². The van der Waals surface area contributed by atoms with Gasteiger partial charge in [-0.05, 0) is 38.2 Å². The van der Waals surface area contributed by atoms with E-state index in [1.807, 2.05) is 37.3 Å². The number of ether oxygens (including phenoxy) is 2. The van der Waals surface area contributed by atoms with Crippen molar-refractivity contribution in [1.29, 1.82) is 0 Å². The van der Waals surface area contributed by atoms with Crippen LogP contribution in [0.3, 0.4) is 0 Å². The summed E-state index contributed by atoms with van der Waals surface area (Å²) in [5.74, 6) is 0.199. The van der Waals surface area contributed by atoms with Gasteiger partial charge >= 0.3 is 11.9 Å². The van der Waals surface area contributed by atoms with E-state index in [0.29, 0.717) is 11.6 Å². The number of hydrogen-bond acceptors (Lipinski definition) is 6. The third-order valence-electron chi connectivity index (χ3n) is 4.49. The molecule has 0 saturated carbocycles. The third kappa shape index (κ3) is 8.55. The van der Waals surface area contributed by atoms with Gasteiger partial charge in [-0.1, -0.05) is 50.1 Å². The summed E-state index contributed by atoms with van der Waals surface area (Å²) in [5.41, 5.74) is 2.02. The Morgan fingerprint density at radius 3 is 2.43 bits per heavy atom. The van der Waals surface area contributed by atoms with Crippen molar-refractivity contribution < 1.29 is 19.1 Å². The predicted octanol–water partition coefficient (Wildman–Crippen LogP) is 5.07. The molecule has 160 valence electrons. The third-order valence-corrected chi connectivity index (χ3v) is 4.49. The van der Waals surface area contributed by atoms with Gasteiger partial charge in [0.05, 0.1) is 18.5 Å². The van der Waals surface area contributed by atoms with Gasteiger partial charge in [-0.2, -0.15) is 0 Å². The molecule has 0 saturated heterocycles. The predicted molar refractivity (Wildman–Crippen MR) is 116 cm³/mol. The van der Waals surface area contributed by atoms with Crippen LogP contribution >= 0.6 is 0 Å². The van der Waals surface area contributed by atoms with Crippen molar-refractivity contribution in [3.05, 3.63) is 54.4 Å².